The lowest BCUT2D eigenvalue weighted by Gasteiger charge is -2.35. The van der Waals surface area contributed by atoms with Crippen LogP contribution >= 0.6 is 23.2 Å². The van der Waals surface area contributed by atoms with Gasteiger partial charge in [-0.05, 0) is 62.4 Å². The van der Waals surface area contributed by atoms with Crippen LogP contribution in [-0.4, -0.2) is 49.5 Å². The summed E-state index contributed by atoms with van der Waals surface area (Å²) in [6.07, 6.45) is 1.39. The Morgan fingerprint density at radius 3 is 2.19 bits per heavy atom. The van der Waals surface area contributed by atoms with Gasteiger partial charge < -0.3 is 10.2 Å². The van der Waals surface area contributed by atoms with E-state index < -0.39 is 34.1 Å². The van der Waals surface area contributed by atoms with Crippen molar-refractivity contribution in [2.45, 2.75) is 72.0 Å². The van der Waals surface area contributed by atoms with Crippen LogP contribution in [0.4, 0.5) is 5.69 Å². The lowest BCUT2D eigenvalue weighted by Crippen LogP contribution is -2.55. The van der Waals surface area contributed by atoms with Crippen LogP contribution in [0.25, 0.3) is 0 Å². The number of nitrogens with zero attached hydrogens (tertiary/aromatic N) is 2. The van der Waals surface area contributed by atoms with E-state index in [9.17, 15) is 18.0 Å². The summed E-state index contributed by atoms with van der Waals surface area (Å²) >= 11 is 12.5. The molecule has 2 aromatic carbocycles. The number of carbonyl (C=O) groups excluding carboxylic acids is 2. The van der Waals surface area contributed by atoms with Crippen LogP contribution in [0.1, 0.15) is 65.0 Å². The molecule has 0 bridgehead atoms. The van der Waals surface area contributed by atoms with Gasteiger partial charge in [-0.3, -0.25) is 13.9 Å². The quantitative estimate of drug-likeness (QED) is 0.403. The molecule has 2 rings (SSSR count). The molecule has 0 aromatic heterocycles. The number of carbonyl (C=O) groups is 2. The Balaban J connectivity index is 2.56. The maximum absolute atomic E-state index is 13.9. The van der Waals surface area contributed by atoms with E-state index in [4.69, 9.17) is 23.2 Å². The molecule has 0 aliphatic carbocycles. The summed E-state index contributed by atoms with van der Waals surface area (Å²) in [6.45, 7) is 10.8. The zero-order valence-corrected chi connectivity index (χ0v) is 24.8. The van der Waals surface area contributed by atoms with Crippen LogP contribution in [0.5, 0.6) is 0 Å². The summed E-state index contributed by atoms with van der Waals surface area (Å²) in [5.41, 5.74) is 1.30. The molecule has 204 valence electrons. The van der Waals surface area contributed by atoms with Gasteiger partial charge in [0.05, 0.1) is 11.9 Å². The zero-order valence-electron chi connectivity index (χ0n) is 22.5. The van der Waals surface area contributed by atoms with E-state index in [1.807, 2.05) is 46.8 Å². The molecule has 1 unspecified atom stereocenters. The molecule has 1 N–H and O–H groups in total. The van der Waals surface area contributed by atoms with E-state index in [1.54, 1.807) is 37.3 Å². The standard InChI is InChI=1S/C27H37Cl2N3O4S/c1-8-23(26(34)30-27(4,5)6)31(16-19-13-14-20(28)15-22(19)29)25(33)17-32(37(7,35)36)24-12-10-9-11-21(24)18(2)3/h9-15,18,23H,8,16-17H2,1-7H3,(H,30,34). The second-order valence-corrected chi connectivity index (χ2v) is 13.2. The molecular formula is C27H37Cl2N3O4S. The molecule has 2 aromatic rings. The molecule has 0 aliphatic heterocycles. The molecule has 0 spiro atoms. The minimum absolute atomic E-state index is 0.00827. The van der Waals surface area contributed by atoms with Crippen molar-refractivity contribution < 1.29 is 18.0 Å². The van der Waals surface area contributed by atoms with Gasteiger partial charge in [-0.25, -0.2) is 8.42 Å². The maximum atomic E-state index is 13.9. The van der Waals surface area contributed by atoms with Gasteiger partial charge in [0.2, 0.25) is 21.8 Å². The van der Waals surface area contributed by atoms with Crippen LogP contribution in [0.3, 0.4) is 0 Å². The Bertz CT molecular complexity index is 1230. The Morgan fingerprint density at radius 1 is 1.05 bits per heavy atom. The van der Waals surface area contributed by atoms with Gasteiger partial charge in [-0.2, -0.15) is 0 Å². The number of benzene rings is 2. The number of rotatable bonds is 10. The Hall–Kier alpha value is -2.29. The van der Waals surface area contributed by atoms with E-state index in [2.05, 4.69) is 5.32 Å². The lowest BCUT2D eigenvalue weighted by molar-refractivity contribution is -0.141. The highest BCUT2D eigenvalue weighted by Crippen LogP contribution is 2.30. The molecule has 0 saturated heterocycles. The highest BCUT2D eigenvalue weighted by atomic mass is 35.5. The van der Waals surface area contributed by atoms with Gasteiger partial charge in [-0.1, -0.05) is 68.2 Å². The second kappa shape index (κ2) is 12.5. The highest BCUT2D eigenvalue weighted by Gasteiger charge is 2.34. The summed E-state index contributed by atoms with van der Waals surface area (Å²) in [7, 11) is -3.83. The molecular weight excluding hydrogens is 533 g/mol. The molecule has 1 atom stereocenters. The molecule has 0 saturated carbocycles. The normalized spacial score (nSPS) is 12.8. The Morgan fingerprint density at radius 2 is 1.68 bits per heavy atom. The zero-order chi connectivity index (χ0) is 28.1. The molecule has 0 radical (unpaired) electrons. The third-order valence-corrected chi connectivity index (χ3v) is 7.46. The van der Waals surface area contributed by atoms with E-state index in [0.29, 0.717) is 27.7 Å². The van der Waals surface area contributed by atoms with Crippen molar-refractivity contribution in [1.82, 2.24) is 10.2 Å². The fourth-order valence-electron chi connectivity index (χ4n) is 4.00. The van der Waals surface area contributed by atoms with Gasteiger partial charge in [0.15, 0.2) is 0 Å². The fraction of sp³-hybridized carbons (Fsp3) is 0.481. The average molecular weight is 571 g/mol. The van der Waals surface area contributed by atoms with E-state index in [1.165, 1.54) is 4.90 Å². The molecule has 0 heterocycles. The van der Waals surface area contributed by atoms with Crippen molar-refractivity contribution >= 4 is 50.7 Å². The number of hydrogen-bond donors (Lipinski definition) is 1. The van der Waals surface area contributed by atoms with E-state index in [0.717, 1.165) is 16.1 Å². The van der Waals surface area contributed by atoms with E-state index in [-0.39, 0.29) is 18.4 Å². The van der Waals surface area contributed by atoms with Gasteiger partial charge in [0.25, 0.3) is 0 Å². The highest BCUT2D eigenvalue weighted by molar-refractivity contribution is 7.92. The van der Waals surface area contributed by atoms with Crippen LogP contribution in [0.2, 0.25) is 10.0 Å². The molecule has 2 amide bonds. The van der Waals surface area contributed by atoms with Crippen molar-refractivity contribution in [3.8, 4) is 0 Å². The Labute approximate surface area is 231 Å². The van der Waals surface area contributed by atoms with Crippen LogP contribution in [0.15, 0.2) is 42.5 Å². The first-order valence-corrected chi connectivity index (χ1v) is 14.8. The maximum Gasteiger partial charge on any atom is 0.244 e. The summed E-state index contributed by atoms with van der Waals surface area (Å²) in [6, 6.07) is 11.2. The van der Waals surface area contributed by atoms with Crippen molar-refractivity contribution in [3.05, 3.63) is 63.6 Å². The van der Waals surface area contributed by atoms with Crippen LogP contribution in [-0.2, 0) is 26.2 Å². The molecule has 0 aliphatic rings. The Kier molecular flexibility index (Phi) is 10.5. The van der Waals surface area contributed by atoms with Crippen molar-refractivity contribution in [2.75, 3.05) is 17.1 Å². The first-order valence-electron chi connectivity index (χ1n) is 12.2. The lowest BCUT2D eigenvalue weighted by atomic mass is 10.0. The largest absolute Gasteiger partial charge is 0.350 e. The SMILES string of the molecule is CCC(C(=O)NC(C)(C)C)N(Cc1ccc(Cl)cc1Cl)C(=O)CN(c1ccccc1C(C)C)S(C)(=O)=O. The van der Waals surface area contributed by atoms with Crippen molar-refractivity contribution in [1.29, 1.82) is 0 Å². The summed E-state index contributed by atoms with van der Waals surface area (Å²) < 4.78 is 26.9. The first-order chi connectivity index (χ1) is 17.0. The van der Waals surface area contributed by atoms with Gasteiger partial charge in [0, 0.05) is 22.1 Å². The van der Waals surface area contributed by atoms with Gasteiger partial charge in [-0.15, -0.1) is 0 Å². The van der Waals surface area contributed by atoms with Crippen LogP contribution < -0.4 is 9.62 Å². The van der Waals surface area contributed by atoms with Crippen molar-refractivity contribution in [3.63, 3.8) is 0 Å². The number of anilines is 1. The molecule has 37 heavy (non-hydrogen) atoms. The smallest absolute Gasteiger partial charge is 0.244 e. The monoisotopic (exact) mass is 569 g/mol. The van der Waals surface area contributed by atoms with Crippen molar-refractivity contribution in [2.24, 2.45) is 0 Å². The number of sulfonamides is 1. The minimum Gasteiger partial charge on any atom is -0.350 e. The predicted molar refractivity (Wildman–Crippen MR) is 152 cm³/mol. The summed E-state index contributed by atoms with van der Waals surface area (Å²) in [4.78, 5) is 28.5. The van der Waals surface area contributed by atoms with Gasteiger partial charge >= 0.3 is 0 Å². The third-order valence-electron chi connectivity index (χ3n) is 5.75. The second-order valence-electron chi connectivity index (χ2n) is 10.4. The number of hydrogen-bond acceptors (Lipinski definition) is 4. The summed E-state index contributed by atoms with van der Waals surface area (Å²) in [5.74, 6) is -0.826. The number of halogens is 2. The third kappa shape index (κ3) is 8.62. The van der Waals surface area contributed by atoms with Gasteiger partial charge in [0.1, 0.15) is 12.6 Å². The predicted octanol–water partition coefficient (Wildman–Crippen LogP) is 5.60. The number of amides is 2. The van der Waals surface area contributed by atoms with Crippen LogP contribution in [0, 0.1) is 0 Å². The minimum atomic E-state index is -3.83. The van der Waals surface area contributed by atoms with E-state index >= 15 is 0 Å². The average Bonchev–Trinajstić information content (AvgIpc) is 2.76. The number of nitrogens with one attached hydrogen (secondary N) is 1. The summed E-state index contributed by atoms with van der Waals surface area (Å²) in [5, 5.41) is 3.73. The molecule has 10 heteroatoms. The molecule has 0 fully saturated rings. The fourth-order valence-corrected chi connectivity index (χ4v) is 5.34. The molecule has 7 nitrogen and oxygen atoms in total. The first kappa shape index (κ1) is 30.9. The topological polar surface area (TPSA) is 86.8 Å². The number of para-hydroxylation sites is 1.